The van der Waals surface area contributed by atoms with Gasteiger partial charge in [-0.05, 0) is 52.0 Å². The number of hydrogen-bond acceptors (Lipinski definition) is 3. The molecule has 1 spiro atoms. The lowest BCUT2D eigenvalue weighted by Crippen LogP contribution is -2.57. The van der Waals surface area contributed by atoms with Crippen LogP contribution in [0, 0.1) is 0 Å². The highest BCUT2D eigenvalue weighted by Crippen LogP contribution is 2.43. The molecule has 2 aliphatic heterocycles. The second-order valence-corrected chi connectivity index (χ2v) is 7.11. The molecule has 2 unspecified atom stereocenters. The highest BCUT2D eigenvalue weighted by molar-refractivity contribution is 5.78. The Morgan fingerprint density at radius 1 is 1.20 bits per heavy atom. The third-order valence-corrected chi connectivity index (χ3v) is 5.83. The Hall–Kier alpha value is -0.610. The minimum atomic E-state index is -0.655. The second-order valence-electron chi connectivity index (χ2n) is 7.11. The fraction of sp³-hybridized carbons (Fsp3) is 0.938. The van der Waals surface area contributed by atoms with Crippen molar-refractivity contribution in [3.63, 3.8) is 0 Å². The number of ether oxygens (including phenoxy) is 1. The maximum absolute atomic E-state index is 11.7. The number of aliphatic carboxylic acids is 1. The van der Waals surface area contributed by atoms with Crippen LogP contribution in [0.2, 0.25) is 0 Å². The number of carbonyl (C=O) groups is 1. The molecule has 0 aromatic carbocycles. The van der Waals surface area contributed by atoms with E-state index in [1.807, 2.05) is 6.92 Å². The lowest BCUT2D eigenvalue weighted by atomic mass is 9.77. The molecule has 2 heterocycles. The number of carboxylic acids is 1. The van der Waals surface area contributed by atoms with Crippen molar-refractivity contribution in [1.29, 1.82) is 0 Å². The van der Waals surface area contributed by atoms with Gasteiger partial charge in [-0.15, -0.1) is 0 Å². The molecule has 4 nitrogen and oxygen atoms in total. The molecule has 2 saturated heterocycles. The molecule has 1 aliphatic carbocycles. The maximum Gasteiger partial charge on any atom is 0.323 e. The zero-order chi connectivity index (χ0) is 14.2. The van der Waals surface area contributed by atoms with E-state index in [0.717, 1.165) is 38.8 Å². The fourth-order valence-corrected chi connectivity index (χ4v) is 4.61. The van der Waals surface area contributed by atoms with Crippen molar-refractivity contribution in [2.75, 3.05) is 13.2 Å². The highest BCUT2D eigenvalue weighted by Gasteiger charge is 2.49. The lowest BCUT2D eigenvalue weighted by molar-refractivity contribution is -0.158. The van der Waals surface area contributed by atoms with Crippen LogP contribution in [0.5, 0.6) is 0 Å². The Morgan fingerprint density at radius 3 is 2.65 bits per heavy atom. The first-order chi connectivity index (χ1) is 9.56. The molecule has 0 aromatic heterocycles. The standard InChI is InChI=1S/C16H27NO3/c1-15(14(18)19)7-5-10-17(15)13-6-11-20-16(12-13)8-3-2-4-9-16/h13H,2-12H2,1H3,(H,18,19). The molecule has 0 bridgehead atoms. The van der Waals surface area contributed by atoms with E-state index in [4.69, 9.17) is 4.74 Å². The van der Waals surface area contributed by atoms with Crippen molar-refractivity contribution in [2.45, 2.75) is 81.9 Å². The largest absolute Gasteiger partial charge is 0.480 e. The van der Waals surface area contributed by atoms with Crippen molar-refractivity contribution < 1.29 is 14.6 Å². The third kappa shape index (κ3) is 2.37. The van der Waals surface area contributed by atoms with Crippen molar-refractivity contribution >= 4 is 5.97 Å². The summed E-state index contributed by atoms with van der Waals surface area (Å²) in [7, 11) is 0. The van der Waals surface area contributed by atoms with E-state index in [-0.39, 0.29) is 5.60 Å². The average molecular weight is 281 g/mol. The van der Waals surface area contributed by atoms with Crippen molar-refractivity contribution in [3.05, 3.63) is 0 Å². The quantitative estimate of drug-likeness (QED) is 0.845. The van der Waals surface area contributed by atoms with E-state index < -0.39 is 11.5 Å². The van der Waals surface area contributed by atoms with Crippen LogP contribution in [0.3, 0.4) is 0 Å². The summed E-state index contributed by atoms with van der Waals surface area (Å²) < 4.78 is 6.15. The van der Waals surface area contributed by atoms with Crippen molar-refractivity contribution in [2.24, 2.45) is 0 Å². The van der Waals surface area contributed by atoms with Gasteiger partial charge in [-0.25, -0.2) is 0 Å². The molecular weight excluding hydrogens is 254 g/mol. The van der Waals surface area contributed by atoms with Gasteiger partial charge in [0.1, 0.15) is 5.54 Å². The molecule has 1 N–H and O–H groups in total. The van der Waals surface area contributed by atoms with Gasteiger partial charge >= 0.3 is 5.97 Å². The predicted octanol–water partition coefficient (Wildman–Crippen LogP) is 2.81. The number of likely N-dealkylation sites (tertiary alicyclic amines) is 1. The SMILES string of the molecule is CC1(C(=O)O)CCCN1C1CCOC2(CCCCC2)C1. The normalized spacial score (nSPS) is 38.1. The fourth-order valence-electron chi connectivity index (χ4n) is 4.61. The van der Waals surface area contributed by atoms with Gasteiger partial charge in [0.15, 0.2) is 0 Å². The summed E-state index contributed by atoms with van der Waals surface area (Å²) in [5.41, 5.74) is -0.596. The molecule has 1 saturated carbocycles. The minimum Gasteiger partial charge on any atom is -0.480 e. The summed E-state index contributed by atoms with van der Waals surface area (Å²) in [6.07, 6.45) is 10.0. The minimum absolute atomic E-state index is 0.0587. The Balaban J connectivity index is 1.75. The summed E-state index contributed by atoms with van der Waals surface area (Å²) in [5, 5.41) is 9.60. The molecule has 0 aromatic rings. The van der Waals surface area contributed by atoms with E-state index in [1.165, 1.54) is 32.1 Å². The van der Waals surface area contributed by atoms with Gasteiger partial charge in [-0.1, -0.05) is 19.3 Å². The van der Waals surface area contributed by atoms with Gasteiger partial charge in [0.2, 0.25) is 0 Å². The first kappa shape index (κ1) is 14.3. The molecule has 2 atom stereocenters. The number of nitrogens with zero attached hydrogens (tertiary/aromatic N) is 1. The van der Waals surface area contributed by atoms with Crippen LogP contribution in [-0.2, 0) is 9.53 Å². The summed E-state index contributed by atoms with van der Waals surface area (Å²) in [6, 6.07) is 0.394. The number of rotatable bonds is 2. The van der Waals surface area contributed by atoms with E-state index in [2.05, 4.69) is 4.90 Å². The molecule has 114 valence electrons. The number of hydrogen-bond donors (Lipinski definition) is 1. The van der Waals surface area contributed by atoms with Gasteiger partial charge in [-0.2, -0.15) is 0 Å². The monoisotopic (exact) mass is 281 g/mol. The maximum atomic E-state index is 11.7. The summed E-state index contributed by atoms with van der Waals surface area (Å²) in [6.45, 7) is 3.64. The third-order valence-electron chi connectivity index (χ3n) is 5.83. The van der Waals surface area contributed by atoms with Gasteiger partial charge < -0.3 is 9.84 Å². The summed E-state index contributed by atoms with van der Waals surface area (Å²) in [4.78, 5) is 13.9. The zero-order valence-electron chi connectivity index (χ0n) is 12.6. The summed E-state index contributed by atoms with van der Waals surface area (Å²) >= 11 is 0. The molecule has 20 heavy (non-hydrogen) atoms. The molecule has 0 amide bonds. The summed E-state index contributed by atoms with van der Waals surface area (Å²) in [5.74, 6) is -0.654. The first-order valence-electron chi connectivity index (χ1n) is 8.20. The highest BCUT2D eigenvalue weighted by atomic mass is 16.5. The van der Waals surface area contributed by atoms with E-state index in [9.17, 15) is 9.90 Å². The van der Waals surface area contributed by atoms with Crippen LogP contribution in [-0.4, -0.2) is 46.3 Å². The van der Waals surface area contributed by atoms with E-state index in [1.54, 1.807) is 0 Å². The van der Waals surface area contributed by atoms with Crippen molar-refractivity contribution in [3.8, 4) is 0 Å². The first-order valence-corrected chi connectivity index (χ1v) is 8.20. The molecule has 3 fully saturated rings. The topological polar surface area (TPSA) is 49.8 Å². The van der Waals surface area contributed by atoms with Crippen LogP contribution in [0.4, 0.5) is 0 Å². The zero-order valence-corrected chi connectivity index (χ0v) is 12.6. The van der Waals surface area contributed by atoms with Gasteiger partial charge in [-0.3, -0.25) is 9.69 Å². The molecular formula is C16H27NO3. The molecule has 4 heteroatoms. The lowest BCUT2D eigenvalue weighted by Gasteiger charge is -2.48. The average Bonchev–Trinajstić information content (AvgIpc) is 2.83. The Bertz CT molecular complexity index is 372. The van der Waals surface area contributed by atoms with Crippen molar-refractivity contribution in [1.82, 2.24) is 4.90 Å². The van der Waals surface area contributed by atoms with Crippen LogP contribution < -0.4 is 0 Å². The Kier molecular flexibility index (Phi) is 3.80. The predicted molar refractivity (Wildman–Crippen MR) is 76.8 cm³/mol. The van der Waals surface area contributed by atoms with Crippen LogP contribution >= 0.6 is 0 Å². The number of carboxylic acid groups (broad SMARTS) is 1. The van der Waals surface area contributed by atoms with Gasteiger partial charge in [0.25, 0.3) is 0 Å². The van der Waals surface area contributed by atoms with Gasteiger partial charge in [0, 0.05) is 12.6 Å². The smallest absolute Gasteiger partial charge is 0.323 e. The Labute approximate surface area is 121 Å². The van der Waals surface area contributed by atoms with Crippen LogP contribution in [0.15, 0.2) is 0 Å². The second kappa shape index (κ2) is 5.30. The van der Waals surface area contributed by atoms with Gasteiger partial charge in [0.05, 0.1) is 5.60 Å². The van der Waals surface area contributed by atoms with E-state index >= 15 is 0 Å². The van der Waals surface area contributed by atoms with Crippen LogP contribution in [0.25, 0.3) is 0 Å². The molecule has 0 radical (unpaired) electrons. The molecule has 3 rings (SSSR count). The molecule has 3 aliphatic rings. The Morgan fingerprint density at radius 2 is 1.95 bits per heavy atom. The van der Waals surface area contributed by atoms with E-state index in [0.29, 0.717) is 6.04 Å². The van der Waals surface area contributed by atoms with Crippen LogP contribution in [0.1, 0.15) is 64.7 Å².